The quantitative estimate of drug-likeness (QED) is 0.371. The first kappa shape index (κ1) is 14.3. The second-order valence-corrected chi connectivity index (χ2v) is 5.34. The number of halogens is 1. The first-order valence-electron chi connectivity index (χ1n) is 5.93. The van der Waals surface area contributed by atoms with Gasteiger partial charge < -0.3 is 4.74 Å². The van der Waals surface area contributed by atoms with Gasteiger partial charge in [-0.3, -0.25) is 15.6 Å². The second kappa shape index (κ2) is 5.87. The molecule has 0 spiro atoms. The number of hydrogen-bond acceptors (Lipinski definition) is 5. The highest BCUT2D eigenvalue weighted by atomic mass is 79.9. The highest BCUT2D eigenvalue weighted by Crippen LogP contribution is 2.33. The van der Waals surface area contributed by atoms with E-state index in [1.807, 2.05) is 25.1 Å². The third-order valence-corrected chi connectivity index (χ3v) is 3.96. The number of carbonyl (C=O) groups is 1. The summed E-state index contributed by atoms with van der Waals surface area (Å²) in [6.07, 6.45) is 0. The molecule has 1 aliphatic heterocycles. The number of carbonyl (C=O) groups excluding carboxylic acids is 1. The van der Waals surface area contributed by atoms with Gasteiger partial charge in [-0.25, -0.2) is 11.3 Å². The van der Waals surface area contributed by atoms with Crippen molar-refractivity contribution in [2.75, 3.05) is 7.11 Å². The molecule has 1 aliphatic rings. The van der Waals surface area contributed by atoms with Crippen LogP contribution < -0.4 is 26.9 Å². The molecule has 19 heavy (non-hydrogen) atoms. The molecule has 1 heterocycles. The molecule has 0 saturated carbocycles. The maximum absolute atomic E-state index is 11.9. The van der Waals surface area contributed by atoms with Crippen LogP contribution in [-0.2, 0) is 4.79 Å². The molecule has 6 nitrogen and oxygen atoms in total. The summed E-state index contributed by atoms with van der Waals surface area (Å²) in [7, 11) is 1.61. The van der Waals surface area contributed by atoms with E-state index in [9.17, 15) is 4.79 Å². The average molecular weight is 329 g/mol. The van der Waals surface area contributed by atoms with Crippen LogP contribution in [0.15, 0.2) is 22.7 Å². The van der Waals surface area contributed by atoms with Crippen LogP contribution in [0.2, 0.25) is 0 Å². The van der Waals surface area contributed by atoms with Gasteiger partial charge in [0.1, 0.15) is 5.75 Å². The van der Waals surface area contributed by atoms with E-state index < -0.39 is 0 Å². The maximum Gasteiger partial charge on any atom is 0.240 e. The van der Waals surface area contributed by atoms with Gasteiger partial charge in [0, 0.05) is 6.04 Å². The number of rotatable bonds is 3. The van der Waals surface area contributed by atoms with Gasteiger partial charge in [0.2, 0.25) is 5.91 Å². The molecule has 1 fully saturated rings. The van der Waals surface area contributed by atoms with Gasteiger partial charge in [0.15, 0.2) is 0 Å². The summed E-state index contributed by atoms with van der Waals surface area (Å²) in [5.41, 5.74) is 9.40. The highest BCUT2D eigenvalue weighted by molar-refractivity contribution is 9.10. The molecule has 3 unspecified atom stereocenters. The average Bonchev–Trinajstić information content (AvgIpc) is 2.79. The molecule has 3 atom stereocenters. The monoisotopic (exact) mass is 328 g/mol. The normalized spacial score (nSPS) is 26.2. The van der Waals surface area contributed by atoms with Crippen molar-refractivity contribution >= 4 is 21.8 Å². The van der Waals surface area contributed by atoms with Gasteiger partial charge in [-0.2, -0.15) is 0 Å². The summed E-state index contributed by atoms with van der Waals surface area (Å²) in [4.78, 5) is 11.9. The Hall–Kier alpha value is -1.15. The van der Waals surface area contributed by atoms with Gasteiger partial charge in [0.05, 0.1) is 23.5 Å². The Morgan fingerprint density at radius 3 is 2.79 bits per heavy atom. The molecular formula is C12H17BrN4O2. The molecule has 2 rings (SSSR count). The van der Waals surface area contributed by atoms with E-state index in [1.165, 1.54) is 0 Å². The maximum atomic E-state index is 11.9. The van der Waals surface area contributed by atoms with Crippen molar-refractivity contribution in [3.8, 4) is 5.75 Å². The summed E-state index contributed by atoms with van der Waals surface area (Å²) in [5.74, 6) is 5.53. The number of amides is 1. The summed E-state index contributed by atoms with van der Waals surface area (Å²) < 4.78 is 6.04. The summed E-state index contributed by atoms with van der Waals surface area (Å²) in [6.45, 7) is 1.94. The van der Waals surface area contributed by atoms with E-state index in [0.717, 1.165) is 15.8 Å². The molecule has 0 aliphatic carbocycles. The molecule has 0 bridgehead atoms. The Labute approximate surface area is 120 Å². The Kier molecular flexibility index (Phi) is 4.41. The minimum Gasteiger partial charge on any atom is -0.496 e. The van der Waals surface area contributed by atoms with E-state index >= 15 is 0 Å². The Balaban J connectivity index is 2.30. The van der Waals surface area contributed by atoms with Crippen LogP contribution in [0.4, 0.5) is 0 Å². The lowest BCUT2D eigenvalue weighted by Gasteiger charge is -2.20. The highest BCUT2D eigenvalue weighted by Gasteiger charge is 2.39. The predicted molar refractivity (Wildman–Crippen MR) is 75.0 cm³/mol. The molecule has 0 aromatic heterocycles. The predicted octanol–water partition coefficient (Wildman–Crippen LogP) is 0.601. The van der Waals surface area contributed by atoms with E-state index in [-0.39, 0.29) is 23.9 Å². The van der Waals surface area contributed by atoms with E-state index in [4.69, 9.17) is 10.6 Å². The molecule has 104 valence electrons. The third kappa shape index (κ3) is 2.74. The topological polar surface area (TPSA) is 88.4 Å². The van der Waals surface area contributed by atoms with Gasteiger partial charge in [-0.15, -0.1) is 0 Å². The van der Waals surface area contributed by atoms with Gasteiger partial charge in [-0.1, -0.05) is 6.07 Å². The van der Waals surface area contributed by atoms with E-state index in [0.29, 0.717) is 0 Å². The lowest BCUT2D eigenvalue weighted by molar-refractivity contribution is -0.125. The van der Waals surface area contributed by atoms with Crippen molar-refractivity contribution in [2.45, 2.75) is 19.0 Å². The van der Waals surface area contributed by atoms with Crippen molar-refractivity contribution in [3.63, 3.8) is 0 Å². The number of nitrogens with two attached hydrogens (primary N) is 1. The molecule has 1 aromatic rings. The van der Waals surface area contributed by atoms with Crippen molar-refractivity contribution < 1.29 is 9.53 Å². The van der Waals surface area contributed by atoms with Crippen molar-refractivity contribution in [1.82, 2.24) is 16.3 Å². The summed E-state index contributed by atoms with van der Waals surface area (Å²) >= 11 is 3.45. The minimum absolute atomic E-state index is 0.00516. The van der Waals surface area contributed by atoms with E-state index in [1.54, 1.807) is 7.11 Å². The summed E-state index contributed by atoms with van der Waals surface area (Å²) in [5, 5.41) is 0. The van der Waals surface area contributed by atoms with Crippen molar-refractivity contribution in [3.05, 3.63) is 28.2 Å². The Bertz CT molecular complexity index is 483. The fourth-order valence-corrected chi connectivity index (χ4v) is 2.89. The molecular weight excluding hydrogens is 312 g/mol. The number of methoxy groups -OCH3 is 1. The molecule has 1 aromatic carbocycles. The number of ether oxygens (including phenoxy) is 1. The number of nitrogens with one attached hydrogen (secondary N) is 3. The Morgan fingerprint density at radius 1 is 1.47 bits per heavy atom. The first-order valence-corrected chi connectivity index (χ1v) is 6.72. The van der Waals surface area contributed by atoms with Gasteiger partial charge in [-0.05, 0) is 40.5 Å². The molecule has 0 radical (unpaired) electrons. The van der Waals surface area contributed by atoms with Crippen LogP contribution in [-0.4, -0.2) is 19.1 Å². The van der Waals surface area contributed by atoms with Crippen molar-refractivity contribution in [2.24, 2.45) is 11.8 Å². The number of hydrogen-bond donors (Lipinski definition) is 4. The van der Waals surface area contributed by atoms with Crippen LogP contribution in [0.5, 0.6) is 5.75 Å². The smallest absolute Gasteiger partial charge is 0.240 e. The van der Waals surface area contributed by atoms with Crippen LogP contribution in [0, 0.1) is 5.92 Å². The fraction of sp³-hybridized carbons (Fsp3) is 0.417. The molecule has 1 saturated heterocycles. The summed E-state index contributed by atoms with van der Waals surface area (Å²) in [6, 6.07) is 5.59. The van der Waals surface area contributed by atoms with Gasteiger partial charge >= 0.3 is 0 Å². The van der Waals surface area contributed by atoms with Crippen LogP contribution in [0.1, 0.15) is 18.5 Å². The van der Waals surface area contributed by atoms with Crippen LogP contribution >= 0.6 is 15.9 Å². The Morgan fingerprint density at radius 2 is 2.21 bits per heavy atom. The van der Waals surface area contributed by atoms with Crippen LogP contribution in [0.3, 0.4) is 0 Å². The standard InChI is InChI=1S/C12H17BrN4O2/c1-6-10(12(18)15-14)11(17-16-6)7-3-4-9(19-2)8(13)5-7/h3-6,10-11,16-17H,14H2,1-2H3,(H,15,18). The zero-order valence-corrected chi connectivity index (χ0v) is 12.3. The lowest BCUT2D eigenvalue weighted by Crippen LogP contribution is -2.41. The zero-order valence-electron chi connectivity index (χ0n) is 10.7. The number of benzene rings is 1. The zero-order chi connectivity index (χ0) is 14.0. The first-order chi connectivity index (χ1) is 9.08. The molecule has 5 N–H and O–H groups in total. The minimum atomic E-state index is -0.273. The van der Waals surface area contributed by atoms with E-state index in [2.05, 4.69) is 32.2 Å². The fourth-order valence-electron chi connectivity index (χ4n) is 2.33. The molecule has 1 amide bonds. The van der Waals surface area contributed by atoms with Crippen LogP contribution in [0.25, 0.3) is 0 Å². The largest absolute Gasteiger partial charge is 0.496 e. The van der Waals surface area contributed by atoms with Gasteiger partial charge in [0.25, 0.3) is 0 Å². The lowest BCUT2D eigenvalue weighted by atomic mass is 9.89. The number of hydrazine groups is 2. The van der Waals surface area contributed by atoms with Crippen molar-refractivity contribution in [1.29, 1.82) is 0 Å². The SMILES string of the molecule is COc1ccc(C2NNC(C)C2C(=O)NN)cc1Br. The third-order valence-electron chi connectivity index (χ3n) is 3.34. The molecule has 7 heteroatoms. The second-order valence-electron chi connectivity index (χ2n) is 4.48.